The molecule has 5 N–H and O–H groups in total. The van der Waals surface area contributed by atoms with Crippen LogP contribution in [0.25, 0.3) is 0 Å². The summed E-state index contributed by atoms with van der Waals surface area (Å²) in [6.07, 6.45) is 4.27. The number of nitrogens with one attached hydrogen (secondary N) is 2. The second kappa shape index (κ2) is 5.62. The fourth-order valence-corrected chi connectivity index (χ4v) is 1.89. The second-order valence-corrected chi connectivity index (χ2v) is 4.26. The molecule has 1 heterocycles. The first-order valence-corrected chi connectivity index (χ1v) is 6.09. The normalized spacial score (nSPS) is 12.5. The first-order chi connectivity index (χ1) is 9.13. The van der Waals surface area contributed by atoms with E-state index in [0.717, 1.165) is 12.2 Å². The molecule has 2 rings (SSSR count). The van der Waals surface area contributed by atoms with Gasteiger partial charge in [0.25, 0.3) is 0 Å². The minimum absolute atomic E-state index is 0.0327. The van der Waals surface area contributed by atoms with E-state index in [2.05, 4.69) is 15.3 Å². The monoisotopic (exact) mass is 263 g/mol. The summed E-state index contributed by atoms with van der Waals surface area (Å²) in [5, 5.41) is 31.7. The molecule has 0 fully saturated rings. The van der Waals surface area contributed by atoms with Crippen LogP contribution in [0.3, 0.4) is 0 Å². The van der Waals surface area contributed by atoms with E-state index < -0.39 is 5.75 Å². The average Bonchev–Trinajstić information content (AvgIpc) is 2.93. The van der Waals surface area contributed by atoms with Crippen LogP contribution in [0.2, 0.25) is 0 Å². The summed E-state index contributed by atoms with van der Waals surface area (Å²) >= 11 is 0. The van der Waals surface area contributed by atoms with Crippen molar-refractivity contribution in [2.24, 2.45) is 0 Å². The van der Waals surface area contributed by atoms with Crippen LogP contribution in [0.4, 0.5) is 0 Å². The lowest BCUT2D eigenvalue weighted by atomic mass is 10.1. The molecule has 102 valence electrons. The molecule has 1 atom stereocenters. The number of phenols is 3. The Morgan fingerprint density at radius 2 is 2.05 bits per heavy atom. The van der Waals surface area contributed by atoms with Crippen LogP contribution in [0.5, 0.6) is 17.2 Å². The molecule has 0 saturated carbocycles. The zero-order chi connectivity index (χ0) is 13.8. The van der Waals surface area contributed by atoms with E-state index in [1.165, 1.54) is 6.07 Å². The van der Waals surface area contributed by atoms with Gasteiger partial charge in [-0.3, -0.25) is 0 Å². The quantitative estimate of drug-likeness (QED) is 0.529. The lowest BCUT2D eigenvalue weighted by molar-refractivity contribution is 0.362. The van der Waals surface area contributed by atoms with Crippen LogP contribution in [-0.2, 0) is 6.54 Å². The molecule has 0 radical (unpaired) electrons. The van der Waals surface area contributed by atoms with E-state index in [0.29, 0.717) is 12.1 Å². The van der Waals surface area contributed by atoms with Gasteiger partial charge < -0.3 is 25.6 Å². The molecule has 1 aromatic heterocycles. The predicted molar refractivity (Wildman–Crippen MR) is 69.9 cm³/mol. The van der Waals surface area contributed by atoms with Crippen molar-refractivity contribution in [1.29, 1.82) is 0 Å². The largest absolute Gasteiger partial charge is 0.504 e. The van der Waals surface area contributed by atoms with E-state index in [1.807, 2.05) is 6.92 Å². The van der Waals surface area contributed by atoms with Crippen molar-refractivity contribution in [3.8, 4) is 17.2 Å². The van der Waals surface area contributed by atoms with Gasteiger partial charge in [-0.15, -0.1) is 0 Å². The molecule has 0 aliphatic carbocycles. The lowest BCUT2D eigenvalue weighted by Gasteiger charge is -2.15. The number of H-pyrrole nitrogens is 1. The van der Waals surface area contributed by atoms with Gasteiger partial charge in [0.05, 0.1) is 6.04 Å². The highest BCUT2D eigenvalue weighted by atomic mass is 16.3. The van der Waals surface area contributed by atoms with Crippen molar-refractivity contribution in [2.75, 3.05) is 0 Å². The lowest BCUT2D eigenvalue weighted by Crippen LogP contribution is -2.21. The van der Waals surface area contributed by atoms with Crippen LogP contribution in [0.1, 0.15) is 30.8 Å². The predicted octanol–water partition coefficient (Wildman–Crippen LogP) is 1.77. The minimum Gasteiger partial charge on any atom is -0.504 e. The Kier molecular flexibility index (Phi) is 3.91. The van der Waals surface area contributed by atoms with E-state index in [9.17, 15) is 15.3 Å². The number of rotatable bonds is 5. The maximum atomic E-state index is 9.72. The molecule has 6 nitrogen and oxygen atoms in total. The van der Waals surface area contributed by atoms with Gasteiger partial charge in [-0.2, -0.15) is 0 Å². The molecule has 1 unspecified atom stereocenters. The third-order valence-electron chi connectivity index (χ3n) is 3.01. The molecule has 6 heteroatoms. The number of imidazole rings is 1. The maximum Gasteiger partial charge on any atom is 0.200 e. The van der Waals surface area contributed by atoms with Crippen molar-refractivity contribution in [3.05, 3.63) is 35.9 Å². The zero-order valence-electron chi connectivity index (χ0n) is 10.6. The Bertz CT molecular complexity index is 540. The SMILES string of the molecule is CCC(NCc1ccc(O)c(O)c1O)c1ncc[nH]1. The molecule has 0 amide bonds. The van der Waals surface area contributed by atoms with Gasteiger partial charge >= 0.3 is 0 Å². The highest BCUT2D eigenvalue weighted by Gasteiger charge is 2.14. The van der Waals surface area contributed by atoms with Crippen LogP contribution in [0.15, 0.2) is 24.5 Å². The second-order valence-electron chi connectivity index (χ2n) is 4.26. The zero-order valence-corrected chi connectivity index (χ0v) is 10.6. The molecular formula is C13H17N3O3. The van der Waals surface area contributed by atoms with Crippen molar-refractivity contribution in [2.45, 2.75) is 25.9 Å². The molecule has 2 aromatic rings. The third-order valence-corrected chi connectivity index (χ3v) is 3.01. The van der Waals surface area contributed by atoms with E-state index >= 15 is 0 Å². The molecule has 19 heavy (non-hydrogen) atoms. The standard InChI is InChI=1S/C13H17N3O3/c1-2-9(13-14-5-6-15-13)16-7-8-3-4-10(17)12(19)11(8)18/h3-6,9,16-19H,2,7H2,1H3,(H,14,15). The van der Waals surface area contributed by atoms with Crippen molar-refractivity contribution in [3.63, 3.8) is 0 Å². The number of benzene rings is 1. The molecule has 0 aliphatic rings. The van der Waals surface area contributed by atoms with E-state index in [1.54, 1.807) is 18.5 Å². The molecule has 0 saturated heterocycles. The van der Waals surface area contributed by atoms with Crippen molar-refractivity contribution in [1.82, 2.24) is 15.3 Å². The Hall–Kier alpha value is -2.21. The topological polar surface area (TPSA) is 101 Å². The van der Waals surface area contributed by atoms with E-state index in [-0.39, 0.29) is 17.5 Å². The number of nitrogens with zero attached hydrogens (tertiary/aromatic N) is 1. The third kappa shape index (κ3) is 2.79. The van der Waals surface area contributed by atoms with Crippen molar-refractivity contribution < 1.29 is 15.3 Å². The summed E-state index contributed by atoms with van der Waals surface area (Å²) in [6, 6.07) is 2.94. The van der Waals surface area contributed by atoms with Gasteiger partial charge in [-0.05, 0) is 12.5 Å². The number of hydrogen-bond acceptors (Lipinski definition) is 5. The smallest absolute Gasteiger partial charge is 0.200 e. The number of aromatic hydroxyl groups is 3. The van der Waals surface area contributed by atoms with Gasteiger partial charge in [0.2, 0.25) is 5.75 Å². The van der Waals surface area contributed by atoms with E-state index in [4.69, 9.17) is 0 Å². The first kappa shape index (κ1) is 13.2. The number of phenolic OH excluding ortho intramolecular Hbond substituents is 3. The summed E-state index contributed by atoms with van der Waals surface area (Å²) < 4.78 is 0. The Balaban J connectivity index is 2.08. The molecule has 0 aliphatic heterocycles. The van der Waals surface area contributed by atoms with Gasteiger partial charge in [-0.1, -0.05) is 13.0 Å². The minimum atomic E-state index is -0.495. The molecule has 1 aromatic carbocycles. The summed E-state index contributed by atoms with van der Waals surface area (Å²) in [6.45, 7) is 2.38. The Morgan fingerprint density at radius 3 is 2.68 bits per heavy atom. The number of aromatic amines is 1. The van der Waals surface area contributed by atoms with Crippen LogP contribution < -0.4 is 5.32 Å². The van der Waals surface area contributed by atoms with Crippen LogP contribution in [0, 0.1) is 0 Å². The maximum absolute atomic E-state index is 9.72. The van der Waals surface area contributed by atoms with Gasteiger partial charge in [-0.25, -0.2) is 4.98 Å². The Morgan fingerprint density at radius 1 is 1.26 bits per heavy atom. The molecular weight excluding hydrogens is 246 g/mol. The fourth-order valence-electron chi connectivity index (χ4n) is 1.89. The summed E-state index contributed by atoms with van der Waals surface area (Å²) in [4.78, 5) is 7.22. The summed E-state index contributed by atoms with van der Waals surface area (Å²) in [7, 11) is 0. The average molecular weight is 263 g/mol. The van der Waals surface area contributed by atoms with Gasteiger partial charge in [0.1, 0.15) is 5.82 Å². The van der Waals surface area contributed by atoms with Crippen LogP contribution >= 0.6 is 0 Å². The molecule has 0 bridgehead atoms. The molecule has 0 spiro atoms. The summed E-state index contributed by atoms with van der Waals surface area (Å²) in [5.41, 5.74) is 0.514. The summed E-state index contributed by atoms with van der Waals surface area (Å²) in [5.74, 6) is -0.309. The highest BCUT2D eigenvalue weighted by Crippen LogP contribution is 2.37. The van der Waals surface area contributed by atoms with Crippen molar-refractivity contribution >= 4 is 0 Å². The first-order valence-electron chi connectivity index (χ1n) is 6.09. The van der Waals surface area contributed by atoms with Crippen LogP contribution in [-0.4, -0.2) is 25.3 Å². The Labute approximate surface area is 110 Å². The fraction of sp³-hybridized carbons (Fsp3) is 0.308. The highest BCUT2D eigenvalue weighted by molar-refractivity contribution is 5.53. The van der Waals surface area contributed by atoms with Gasteiger partial charge in [0.15, 0.2) is 11.5 Å². The number of hydrogen-bond donors (Lipinski definition) is 5. The number of aromatic nitrogens is 2. The van der Waals surface area contributed by atoms with Gasteiger partial charge in [0, 0.05) is 24.5 Å².